The molecule has 2 N–H and O–H groups in total. The number of aryl methyl sites for hydroxylation is 4. The van der Waals surface area contributed by atoms with Crippen LogP contribution in [0.3, 0.4) is 0 Å². The lowest BCUT2D eigenvalue weighted by Gasteiger charge is -2.09. The van der Waals surface area contributed by atoms with E-state index in [2.05, 4.69) is 44.2 Å². The smallest absolute Gasteiger partial charge is 0.311 e. The van der Waals surface area contributed by atoms with Gasteiger partial charge in [0.1, 0.15) is 0 Å². The van der Waals surface area contributed by atoms with Crippen molar-refractivity contribution in [1.29, 1.82) is 0 Å². The van der Waals surface area contributed by atoms with E-state index in [1.54, 1.807) is 0 Å². The molecule has 6 rings (SSSR count). The van der Waals surface area contributed by atoms with Gasteiger partial charge in [0.05, 0.1) is 42.4 Å². The Morgan fingerprint density at radius 3 is 1.53 bits per heavy atom. The van der Waals surface area contributed by atoms with Gasteiger partial charge in [-0.25, -0.2) is 23.1 Å². The quantitative estimate of drug-likeness (QED) is 0.0237. The Bertz CT molecular complexity index is 2840. The number of hydrogen-bond acceptors (Lipinski definition) is 8. The summed E-state index contributed by atoms with van der Waals surface area (Å²) in [6, 6.07) is 7.61. The number of fused-ring (bicyclic) bond motifs is 8. The highest BCUT2D eigenvalue weighted by molar-refractivity contribution is 5.96. The third-order valence-electron chi connectivity index (χ3n) is 12.4. The van der Waals surface area contributed by atoms with Crippen LogP contribution in [0.5, 0.6) is 5.75 Å². The van der Waals surface area contributed by atoms with Gasteiger partial charge in [-0.3, -0.25) is 14.4 Å². The van der Waals surface area contributed by atoms with Gasteiger partial charge in [0.25, 0.3) is 0 Å². The fourth-order valence-electron chi connectivity index (χ4n) is 8.22. The standard InChI is InChI=1S/C53H59F5N4O6/c1-10-11-12-33-29(6)37-24-42-35(14-17-46(64)67-22-20-28(4)5)31(8)39(61-42)26-44-36(15-18-47(65)68-53-51(57)49(55)48(54)50(56)52(53)58)32(9)40(62-44)25-43-34(13-16-45(63)66-21-19-27(2)3)30(7)38(60-43)23-41(33)59-37/h10,23-28,61-62H,1,11-22H2,2-9H3. The van der Waals surface area contributed by atoms with Gasteiger partial charge in [0.2, 0.25) is 34.8 Å². The number of halogens is 5. The number of rotatable bonds is 19. The number of H-pyrrole nitrogens is 2. The minimum atomic E-state index is -2.37. The zero-order valence-electron chi connectivity index (χ0n) is 40.0. The molecule has 4 aromatic rings. The van der Waals surface area contributed by atoms with E-state index >= 15 is 0 Å². The molecule has 362 valence electrons. The second kappa shape index (κ2) is 22.2. The van der Waals surface area contributed by atoms with Gasteiger partial charge in [-0.05, 0) is 153 Å². The van der Waals surface area contributed by atoms with Crippen LogP contribution in [-0.2, 0) is 36.7 Å². The molecule has 10 nitrogen and oxygen atoms in total. The molecular formula is C53H59F5N4O6. The van der Waals surface area contributed by atoms with Crippen molar-refractivity contribution in [3.05, 3.63) is 111 Å². The number of carbonyl (C=O) groups excluding carboxylic acids is 3. The molecule has 0 unspecified atom stereocenters. The SMILES string of the molecule is C=CCCC1=C(C)c2cc3[nH]c(cc4[nH]c(cc5nc(cc1n2)C(C)=C5CCC(=O)OCCC(C)C)c(C)c4CCC(=O)Oc1c(F)c(F)c(F)c(F)c1F)c(C)c3CCC(=O)OCCC(C)C. The van der Waals surface area contributed by atoms with Crippen LogP contribution in [0, 0.1) is 54.8 Å². The molecule has 8 bridgehead atoms. The van der Waals surface area contributed by atoms with Gasteiger partial charge >= 0.3 is 17.9 Å². The first kappa shape index (κ1) is 51.0. The normalized spacial score (nSPS) is 12.7. The first-order valence-electron chi connectivity index (χ1n) is 23.1. The highest BCUT2D eigenvalue weighted by Crippen LogP contribution is 2.39. The summed E-state index contributed by atoms with van der Waals surface area (Å²) in [5.41, 5.74) is 11.7. The third-order valence-corrected chi connectivity index (χ3v) is 12.4. The van der Waals surface area contributed by atoms with Crippen LogP contribution in [0.15, 0.2) is 36.9 Å². The Balaban J connectivity index is 1.53. The van der Waals surface area contributed by atoms with E-state index in [1.807, 2.05) is 58.0 Å². The molecule has 0 spiro atoms. The van der Waals surface area contributed by atoms with Gasteiger partial charge in [-0.15, -0.1) is 6.58 Å². The number of aromatic nitrogens is 4. The van der Waals surface area contributed by atoms with Gasteiger partial charge in [-0.2, -0.15) is 8.78 Å². The topological polar surface area (TPSA) is 136 Å². The van der Waals surface area contributed by atoms with Crippen molar-refractivity contribution < 1.29 is 50.5 Å². The second-order valence-corrected chi connectivity index (χ2v) is 18.2. The van der Waals surface area contributed by atoms with Crippen LogP contribution >= 0.6 is 0 Å². The molecule has 3 aromatic heterocycles. The minimum absolute atomic E-state index is 0.0851. The Hall–Kier alpha value is -6.38. The lowest BCUT2D eigenvalue weighted by Crippen LogP contribution is -2.14. The Labute approximate surface area is 393 Å². The van der Waals surface area contributed by atoms with Crippen molar-refractivity contribution in [3.63, 3.8) is 0 Å². The van der Waals surface area contributed by atoms with E-state index in [0.29, 0.717) is 101 Å². The number of benzene rings is 1. The predicted octanol–water partition coefficient (Wildman–Crippen LogP) is 12.9. The minimum Gasteiger partial charge on any atom is -0.466 e. The molecule has 0 saturated carbocycles. The molecule has 5 heterocycles. The number of nitrogens with one attached hydrogen (secondary N) is 2. The Kier molecular flexibility index (Phi) is 16.6. The largest absolute Gasteiger partial charge is 0.466 e. The van der Waals surface area contributed by atoms with E-state index in [9.17, 15) is 36.3 Å². The van der Waals surface area contributed by atoms with Crippen LogP contribution in [0.2, 0.25) is 0 Å². The van der Waals surface area contributed by atoms with Gasteiger partial charge in [-0.1, -0.05) is 33.8 Å². The predicted molar refractivity (Wildman–Crippen MR) is 253 cm³/mol. The zero-order chi connectivity index (χ0) is 49.6. The van der Waals surface area contributed by atoms with Crippen LogP contribution < -0.4 is 4.74 Å². The Morgan fingerprint density at radius 1 is 0.574 bits per heavy atom. The van der Waals surface area contributed by atoms with E-state index in [0.717, 1.165) is 52.0 Å². The number of carbonyl (C=O) groups is 3. The zero-order valence-corrected chi connectivity index (χ0v) is 40.0. The van der Waals surface area contributed by atoms with Crippen molar-refractivity contribution in [3.8, 4) is 5.75 Å². The van der Waals surface area contributed by atoms with Crippen molar-refractivity contribution in [1.82, 2.24) is 19.9 Å². The van der Waals surface area contributed by atoms with Crippen molar-refractivity contribution in [2.24, 2.45) is 11.8 Å². The summed E-state index contributed by atoms with van der Waals surface area (Å²) in [5.74, 6) is -14.2. The summed E-state index contributed by atoms with van der Waals surface area (Å²) in [4.78, 5) is 56.4. The fraction of sp³-hybridized carbons (Fsp3) is 0.415. The Morgan fingerprint density at radius 2 is 1.00 bits per heavy atom. The first-order chi connectivity index (χ1) is 32.3. The molecule has 2 aliphatic heterocycles. The highest BCUT2D eigenvalue weighted by Gasteiger charge is 2.29. The number of esters is 3. The van der Waals surface area contributed by atoms with Crippen LogP contribution in [0.25, 0.3) is 44.4 Å². The average molecular weight is 943 g/mol. The fourth-order valence-corrected chi connectivity index (χ4v) is 8.22. The van der Waals surface area contributed by atoms with Crippen molar-refractivity contribution in [2.75, 3.05) is 13.2 Å². The number of aromatic amines is 2. The van der Waals surface area contributed by atoms with E-state index in [4.69, 9.17) is 24.2 Å². The molecular weight excluding hydrogens is 884 g/mol. The van der Waals surface area contributed by atoms with Crippen LogP contribution in [0.4, 0.5) is 22.0 Å². The molecule has 0 fully saturated rings. The maximum absolute atomic E-state index is 14.5. The number of allylic oxidation sites excluding steroid dienone is 5. The molecule has 68 heavy (non-hydrogen) atoms. The van der Waals surface area contributed by atoms with E-state index in [1.165, 1.54) is 0 Å². The maximum Gasteiger partial charge on any atom is 0.311 e. The lowest BCUT2D eigenvalue weighted by atomic mass is 9.98. The van der Waals surface area contributed by atoms with E-state index in [-0.39, 0.29) is 31.2 Å². The summed E-state index contributed by atoms with van der Waals surface area (Å²) >= 11 is 0. The second-order valence-electron chi connectivity index (χ2n) is 18.2. The molecule has 0 radical (unpaired) electrons. The lowest BCUT2D eigenvalue weighted by molar-refractivity contribution is -0.144. The first-order valence-corrected chi connectivity index (χ1v) is 23.1. The summed E-state index contributed by atoms with van der Waals surface area (Å²) < 4.78 is 86.7. The monoisotopic (exact) mass is 942 g/mol. The third kappa shape index (κ3) is 11.6. The van der Waals surface area contributed by atoms with Crippen LogP contribution in [-0.4, -0.2) is 51.1 Å². The van der Waals surface area contributed by atoms with Crippen molar-refractivity contribution in [2.45, 2.75) is 120 Å². The molecule has 2 aliphatic rings. The highest BCUT2D eigenvalue weighted by atomic mass is 19.2. The molecule has 0 atom stereocenters. The number of ether oxygens (including phenoxy) is 3. The van der Waals surface area contributed by atoms with Gasteiger partial charge in [0.15, 0.2) is 0 Å². The van der Waals surface area contributed by atoms with Crippen LogP contribution in [0.1, 0.15) is 138 Å². The average Bonchev–Trinajstić information content (AvgIpc) is 3.95. The molecule has 15 heteroatoms. The summed E-state index contributed by atoms with van der Waals surface area (Å²) in [6.07, 6.45) is 5.01. The molecule has 0 saturated heterocycles. The van der Waals surface area contributed by atoms with Crippen molar-refractivity contribution >= 4 is 62.3 Å². The maximum atomic E-state index is 14.5. The summed E-state index contributed by atoms with van der Waals surface area (Å²) in [6.45, 7) is 20.5. The summed E-state index contributed by atoms with van der Waals surface area (Å²) in [7, 11) is 0. The summed E-state index contributed by atoms with van der Waals surface area (Å²) in [5, 5.41) is 0. The van der Waals surface area contributed by atoms with Gasteiger partial charge in [0, 0.05) is 34.9 Å². The number of hydrogen-bond donors (Lipinski definition) is 2. The number of nitrogens with zero attached hydrogens (tertiary/aromatic N) is 2. The van der Waals surface area contributed by atoms with E-state index < -0.39 is 47.2 Å². The molecule has 1 aromatic carbocycles. The molecule has 0 aliphatic carbocycles. The van der Waals surface area contributed by atoms with Gasteiger partial charge < -0.3 is 24.2 Å². The molecule has 0 amide bonds.